The van der Waals surface area contributed by atoms with E-state index in [-0.39, 0.29) is 0 Å². The molecule has 0 aromatic carbocycles. The highest BCUT2D eigenvalue weighted by atomic mass is 16.5. The molecule has 2 aliphatic heterocycles. The topological polar surface area (TPSA) is 27.7 Å². The number of ether oxygens (including phenoxy) is 1. The van der Waals surface area contributed by atoms with Crippen LogP contribution in [0.4, 0.5) is 0 Å². The van der Waals surface area contributed by atoms with E-state index in [9.17, 15) is 0 Å². The van der Waals surface area contributed by atoms with Gasteiger partial charge in [0, 0.05) is 52.4 Å². The summed E-state index contributed by atoms with van der Waals surface area (Å²) in [5.74, 6) is 0. The van der Waals surface area contributed by atoms with Crippen LogP contribution in [0.25, 0.3) is 0 Å². The fraction of sp³-hybridized carbons (Fsp3) is 1.00. The summed E-state index contributed by atoms with van der Waals surface area (Å²) in [6.45, 7) is 7.06. The average molecular weight is 213 g/mol. The highest BCUT2D eigenvalue weighted by Crippen LogP contribution is 2.11. The molecule has 15 heavy (non-hydrogen) atoms. The summed E-state index contributed by atoms with van der Waals surface area (Å²) in [7, 11) is 4.01. The third-order valence-corrected chi connectivity index (χ3v) is 3.59. The SMILES string of the molecule is CO[C@@H]1CN[C@H](CN2CCN(C)CC2)C1. The maximum atomic E-state index is 5.36. The molecule has 2 heterocycles. The summed E-state index contributed by atoms with van der Waals surface area (Å²) in [5.41, 5.74) is 0. The monoisotopic (exact) mass is 213 g/mol. The molecule has 2 saturated heterocycles. The fourth-order valence-corrected chi connectivity index (χ4v) is 2.44. The molecule has 0 aromatic heterocycles. The second-order valence-electron chi connectivity index (χ2n) is 4.80. The minimum absolute atomic E-state index is 0.433. The quantitative estimate of drug-likeness (QED) is 0.691. The Labute approximate surface area is 92.6 Å². The van der Waals surface area contributed by atoms with E-state index in [2.05, 4.69) is 22.2 Å². The van der Waals surface area contributed by atoms with E-state index in [1.165, 1.54) is 39.1 Å². The molecular weight excluding hydrogens is 190 g/mol. The Morgan fingerprint density at radius 3 is 2.60 bits per heavy atom. The summed E-state index contributed by atoms with van der Waals surface area (Å²) < 4.78 is 5.36. The van der Waals surface area contributed by atoms with E-state index >= 15 is 0 Å². The average Bonchev–Trinajstić information content (AvgIpc) is 2.69. The molecule has 4 heteroatoms. The second kappa shape index (κ2) is 5.25. The van der Waals surface area contributed by atoms with Crippen LogP contribution in [0.15, 0.2) is 0 Å². The predicted molar refractivity (Wildman–Crippen MR) is 61.1 cm³/mol. The van der Waals surface area contributed by atoms with Crippen molar-refractivity contribution in [2.75, 3.05) is 53.4 Å². The van der Waals surface area contributed by atoms with Crippen molar-refractivity contribution >= 4 is 0 Å². The zero-order valence-corrected chi connectivity index (χ0v) is 9.91. The Kier molecular flexibility index (Phi) is 3.97. The van der Waals surface area contributed by atoms with Crippen molar-refractivity contribution in [2.45, 2.75) is 18.6 Å². The lowest BCUT2D eigenvalue weighted by Crippen LogP contribution is -2.48. The van der Waals surface area contributed by atoms with Gasteiger partial charge in [-0.2, -0.15) is 0 Å². The molecule has 1 N–H and O–H groups in total. The summed E-state index contributed by atoms with van der Waals surface area (Å²) in [5, 5.41) is 3.54. The van der Waals surface area contributed by atoms with Crippen LogP contribution in [-0.4, -0.2) is 75.4 Å². The van der Waals surface area contributed by atoms with Gasteiger partial charge < -0.3 is 15.0 Å². The first-order valence-electron chi connectivity index (χ1n) is 5.95. The lowest BCUT2D eigenvalue weighted by molar-refractivity contribution is 0.111. The van der Waals surface area contributed by atoms with Crippen LogP contribution in [0, 0.1) is 0 Å². The van der Waals surface area contributed by atoms with Crippen LogP contribution in [-0.2, 0) is 4.74 Å². The van der Waals surface area contributed by atoms with Gasteiger partial charge in [-0.15, -0.1) is 0 Å². The molecule has 2 fully saturated rings. The number of rotatable bonds is 3. The molecule has 0 unspecified atom stereocenters. The molecule has 0 aliphatic carbocycles. The molecule has 0 bridgehead atoms. The van der Waals surface area contributed by atoms with Crippen molar-refractivity contribution in [2.24, 2.45) is 0 Å². The maximum Gasteiger partial charge on any atom is 0.0711 e. The first-order valence-corrected chi connectivity index (χ1v) is 5.95. The molecule has 4 nitrogen and oxygen atoms in total. The van der Waals surface area contributed by atoms with Crippen molar-refractivity contribution in [3.63, 3.8) is 0 Å². The number of nitrogens with one attached hydrogen (secondary N) is 1. The molecular formula is C11H23N3O. The molecule has 0 radical (unpaired) electrons. The Balaban J connectivity index is 1.69. The van der Waals surface area contributed by atoms with Crippen LogP contribution in [0.2, 0.25) is 0 Å². The number of hydrogen-bond donors (Lipinski definition) is 1. The summed E-state index contributed by atoms with van der Waals surface area (Å²) in [6.07, 6.45) is 1.60. The van der Waals surface area contributed by atoms with E-state index in [4.69, 9.17) is 4.74 Å². The highest BCUT2D eigenvalue weighted by Gasteiger charge is 2.26. The minimum atomic E-state index is 0.433. The molecule has 0 aromatic rings. The van der Waals surface area contributed by atoms with E-state index in [1.807, 2.05) is 7.11 Å². The van der Waals surface area contributed by atoms with Crippen molar-refractivity contribution in [1.82, 2.24) is 15.1 Å². The molecule has 2 atom stereocenters. The van der Waals surface area contributed by atoms with Gasteiger partial charge in [-0.1, -0.05) is 0 Å². The van der Waals surface area contributed by atoms with Gasteiger partial charge in [0.05, 0.1) is 6.10 Å². The van der Waals surface area contributed by atoms with Crippen LogP contribution in [0.1, 0.15) is 6.42 Å². The van der Waals surface area contributed by atoms with Gasteiger partial charge in [0.1, 0.15) is 0 Å². The molecule has 0 spiro atoms. The van der Waals surface area contributed by atoms with Gasteiger partial charge in [-0.3, -0.25) is 4.90 Å². The highest BCUT2D eigenvalue weighted by molar-refractivity contribution is 4.85. The number of nitrogens with zero attached hydrogens (tertiary/aromatic N) is 2. The van der Waals surface area contributed by atoms with Gasteiger partial charge in [0.2, 0.25) is 0 Å². The minimum Gasteiger partial charge on any atom is -0.380 e. The summed E-state index contributed by atoms with van der Waals surface area (Å²) in [4.78, 5) is 4.96. The standard InChI is InChI=1S/C11H23N3O/c1-13-3-5-14(6-4-13)9-10-7-11(15-2)8-12-10/h10-12H,3-9H2,1-2H3/t10-,11-/m0/s1. The van der Waals surface area contributed by atoms with E-state index in [1.54, 1.807) is 0 Å². The van der Waals surface area contributed by atoms with Crippen LogP contribution in [0.3, 0.4) is 0 Å². The van der Waals surface area contributed by atoms with Gasteiger partial charge in [0.15, 0.2) is 0 Å². The number of hydrogen-bond acceptors (Lipinski definition) is 4. The van der Waals surface area contributed by atoms with Crippen molar-refractivity contribution in [3.05, 3.63) is 0 Å². The lowest BCUT2D eigenvalue weighted by Gasteiger charge is -2.33. The Morgan fingerprint density at radius 1 is 1.27 bits per heavy atom. The van der Waals surface area contributed by atoms with E-state index in [0.29, 0.717) is 12.1 Å². The first kappa shape index (κ1) is 11.3. The van der Waals surface area contributed by atoms with Crippen molar-refractivity contribution in [3.8, 4) is 0 Å². The largest absolute Gasteiger partial charge is 0.380 e. The van der Waals surface area contributed by atoms with Crippen LogP contribution < -0.4 is 5.32 Å². The van der Waals surface area contributed by atoms with Gasteiger partial charge in [-0.25, -0.2) is 0 Å². The Morgan fingerprint density at radius 2 is 2.00 bits per heavy atom. The summed E-state index contributed by atoms with van der Waals surface area (Å²) in [6, 6.07) is 0.637. The fourth-order valence-electron chi connectivity index (χ4n) is 2.44. The lowest BCUT2D eigenvalue weighted by atomic mass is 10.2. The van der Waals surface area contributed by atoms with Crippen molar-refractivity contribution in [1.29, 1.82) is 0 Å². The van der Waals surface area contributed by atoms with Gasteiger partial charge in [-0.05, 0) is 13.5 Å². The van der Waals surface area contributed by atoms with Gasteiger partial charge in [0.25, 0.3) is 0 Å². The molecule has 2 rings (SSSR count). The van der Waals surface area contributed by atoms with Crippen LogP contribution in [0.5, 0.6) is 0 Å². The maximum absolute atomic E-state index is 5.36. The normalized spacial score (nSPS) is 34.8. The molecule has 0 amide bonds. The molecule has 0 saturated carbocycles. The second-order valence-corrected chi connectivity index (χ2v) is 4.80. The van der Waals surface area contributed by atoms with E-state index < -0.39 is 0 Å². The summed E-state index contributed by atoms with van der Waals surface area (Å²) >= 11 is 0. The Bertz CT molecular complexity index is 192. The number of likely N-dealkylation sites (N-methyl/N-ethyl adjacent to an activating group) is 1. The van der Waals surface area contributed by atoms with Crippen molar-refractivity contribution < 1.29 is 4.74 Å². The molecule has 2 aliphatic rings. The van der Waals surface area contributed by atoms with E-state index in [0.717, 1.165) is 6.54 Å². The predicted octanol–water partition coefficient (Wildman–Crippen LogP) is -0.389. The first-order chi connectivity index (χ1) is 7.28. The molecule has 88 valence electrons. The smallest absolute Gasteiger partial charge is 0.0711 e. The third kappa shape index (κ3) is 3.14. The zero-order valence-electron chi connectivity index (χ0n) is 9.91. The Hall–Kier alpha value is -0.160. The third-order valence-electron chi connectivity index (χ3n) is 3.59. The number of piperazine rings is 1. The zero-order chi connectivity index (χ0) is 10.7. The van der Waals surface area contributed by atoms with Crippen LogP contribution >= 0.6 is 0 Å². The van der Waals surface area contributed by atoms with Gasteiger partial charge >= 0.3 is 0 Å². The number of methoxy groups -OCH3 is 1.